The van der Waals surface area contributed by atoms with Crippen LogP contribution in [0.15, 0.2) is 48.5 Å². The van der Waals surface area contributed by atoms with Crippen molar-refractivity contribution in [3.05, 3.63) is 64.7 Å². The first-order valence-electron chi connectivity index (χ1n) is 10.4. The zero-order valence-corrected chi connectivity index (χ0v) is 18.5. The third-order valence-electron chi connectivity index (χ3n) is 5.58. The third-order valence-corrected chi connectivity index (χ3v) is 5.82. The van der Waals surface area contributed by atoms with E-state index in [0.29, 0.717) is 36.1 Å². The Morgan fingerprint density at radius 1 is 1.17 bits per heavy atom. The van der Waals surface area contributed by atoms with Gasteiger partial charge in [0.2, 0.25) is 5.91 Å². The molecule has 0 aromatic heterocycles. The second-order valence-electron chi connectivity index (χ2n) is 8.18. The first-order valence-corrected chi connectivity index (χ1v) is 10.7. The monoisotopic (exact) mass is 428 g/mol. The minimum atomic E-state index is -0.298. The second-order valence-corrected chi connectivity index (χ2v) is 8.62. The van der Waals surface area contributed by atoms with Gasteiger partial charge in [-0.05, 0) is 48.2 Å². The van der Waals surface area contributed by atoms with E-state index in [1.54, 1.807) is 36.3 Å². The van der Waals surface area contributed by atoms with Crippen molar-refractivity contribution in [2.45, 2.75) is 26.2 Å². The van der Waals surface area contributed by atoms with Gasteiger partial charge in [-0.2, -0.15) is 0 Å². The van der Waals surface area contributed by atoms with Crippen molar-refractivity contribution >= 4 is 23.4 Å². The van der Waals surface area contributed by atoms with Crippen molar-refractivity contribution in [1.29, 1.82) is 0 Å². The van der Waals surface area contributed by atoms with Gasteiger partial charge in [-0.25, -0.2) is 0 Å². The number of nitrogens with zero attached hydrogens (tertiary/aromatic N) is 1. The number of likely N-dealkylation sites (tertiary alicyclic amines) is 1. The molecular formula is C24H29ClN2O3. The van der Waals surface area contributed by atoms with Crippen LogP contribution in [0.1, 0.15) is 42.1 Å². The topological polar surface area (TPSA) is 58.6 Å². The molecule has 0 aliphatic carbocycles. The van der Waals surface area contributed by atoms with Crippen LogP contribution >= 0.6 is 11.6 Å². The maximum absolute atomic E-state index is 13.1. The van der Waals surface area contributed by atoms with Crippen molar-refractivity contribution in [3.8, 4) is 5.75 Å². The maximum Gasteiger partial charge on any atom is 0.253 e. The molecule has 2 aromatic carbocycles. The van der Waals surface area contributed by atoms with Crippen LogP contribution < -0.4 is 10.1 Å². The molecule has 6 heteroatoms. The van der Waals surface area contributed by atoms with Gasteiger partial charge < -0.3 is 15.0 Å². The van der Waals surface area contributed by atoms with E-state index in [1.807, 2.05) is 24.3 Å². The van der Waals surface area contributed by atoms with Crippen LogP contribution in [-0.4, -0.2) is 43.5 Å². The van der Waals surface area contributed by atoms with E-state index in [4.69, 9.17) is 16.3 Å². The van der Waals surface area contributed by atoms with Crippen molar-refractivity contribution in [2.75, 3.05) is 26.7 Å². The zero-order chi connectivity index (χ0) is 21.7. The van der Waals surface area contributed by atoms with Crippen LogP contribution in [0.5, 0.6) is 5.75 Å². The highest BCUT2D eigenvalue weighted by molar-refractivity contribution is 6.30. The molecule has 1 heterocycles. The summed E-state index contributed by atoms with van der Waals surface area (Å²) in [5.74, 6) is 0.812. The lowest BCUT2D eigenvalue weighted by Crippen LogP contribution is -2.36. The lowest BCUT2D eigenvalue weighted by Gasteiger charge is -2.18. The Bertz CT molecular complexity index is 882. The first kappa shape index (κ1) is 22.2. The van der Waals surface area contributed by atoms with Crippen molar-refractivity contribution in [1.82, 2.24) is 10.2 Å². The molecule has 30 heavy (non-hydrogen) atoms. The van der Waals surface area contributed by atoms with Gasteiger partial charge in [0.25, 0.3) is 5.91 Å². The summed E-state index contributed by atoms with van der Waals surface area (Å²) in [5, 5.41) is 3.59. The summed E-state index contributed by atoms with van der Waals surface area (Å²) in [7, 11) is 1.63. The molecule has 1 saturated heterocycles. The summed E-state index contributed by atoms with van der Waals surface area (Å²) < 4.78 is 5.25. The maximum atomic E-state index is 13.1. The van der Waals surface area contributed by atoms with E-state index in [-0.39, 0.29) is 23.7 Å². The molecule has 0 radical (unpaired) electrons. The molecule has 1 N–H and O–H groups in total. The number of carbonyl (C=O) groups excluding carboxylic acids is 2. The number of amides is 2. The molecule has 0 unspecified atom stereocenters. The summed E-state index contributed by atoms with van der Waals surface area (Å²) in [6, 6.07) is 14.7. The molecular weight excluding hydrogens is 400 g/mol. The molecule has 2 amide bonds. The number of hydrogen-bond acceptors (Lipinski definition) is 3. The van der Waals surface area contributed by atoms with Gasteiger partial charge in [-0.1, -0.05) is 43.6 Å². The number of rotatable bonds is 7. The molecule has 5 nitrogen and oxygen atoms in total. The average Bonchev–Trinajstić information content (AvgIpc) is 3.18. The van der Waals surface area contributed by atoms with Crippen LogP contribution in [0.25, 0.3) is 0 Å². The Labute approximate surface area is 183 Å². The van der Waals surface area contributed by atoms with Crippen LogP contribution in [0.2, 0.25) is 5.02 Å². The summed E-state index contributed by atoms with van der Waals surface area (Å²) in [5.41, 5.74) is 1.57. The second kappa shape index (κ2) is 9.98. The Balaban J connectivity index is 1.81. The molecule has 2 atom stereocenters. The fourth-order valence-corrected chi connectivity index (χ4v) is 4.03. The smallest absolute Gasteiger partial charge is 0.253 e. The summed E-state index contributed by atoms with van der Waals surface area (Å²) in [6.45, 7) is 5.78. The molecule has 0 bridgehead atoms. The van der Waals surface area contributed by atoms with Gasteiger partial charge >= 0.3 is 0 Å². The molecule has 0 saturated carbocycles. The minimum absolute atomic E-state index is 0.00198. The molecule has 2 aromatic rings. The van der Waals surface area contributed by atoms with Crippen molar-refractivity contribution in [2.24, 2.45) is 11.8 Å². The molecule has 160 valence electrons. The molecule has 1 aliphatic rings. The number of hydrogen-bond donors (Lipinski definition) is 1. The van der Waals surface area contributed by atoms with Gasteiger partial charge in [-0.3, -0.25) is 9.59 Å². The van der Waals surface area contributed by atoms with Crippen LogP contribution in [-0.2, 0) is 4.79 Å². The average molecular weight is 429 g/mol. The van der Waals surface area contributed by atoms with Crippen LogP contribution in [0.4, 0.5) is 0 Å². The number of carbonyl (C=O) groups is 2. The highest BCUT2D eigenvalue weighted by Gasteiger charge is 2.40. The van der Waals surface area contributed by atoms with Crippen molar-refractivity contribution in [3.63, 3.8) is 0 Å². The quantitative estimate of drug-likeness (QED) is 0.712. The van der Waals surface area contributed by atoms with E-state index < -0.39 is 0 Å². The highest BCUT2D eigenvalue weighted by Crippen LogP contribution is 2.34. The van der Waals surface area contributed by atoms with Gasteiger partial charge in [0.05, 0.1) is 13.0 Å². The van der Waals surface area contributed by atoms with E-state index in [1.165, 1.54) is 0 Å². The predicted octanol–water partition coefficient (Wildman–Crippen LogP) is 4.37. The van der Waals surface area contributed by atoms with Gasteiger partial charge in [0.1, 0.15) is 5.75 Å². The SMILES string of the molecule is COc1ccc([C@H]2CN(C(=O)c3cccc(Cl)c3)C[C@@H]2C(=O)NCCC(C)C)cc1. The molecule has 0 spiro atoms. The highest BCUT2D eigenvalue weighted by atomic mass is 35.5. The van der Waals surface area contributed by atoms with Crippen LogP contribution in [0.3, 0.4) is 0 Å². The summed E-state index contributed by atoms with van der Waals surface area (Å²) in [6.07, 6.45) is 0.927. The van der Waals surface area contributed by atoms with E-state index >= 15 is 0 Å². The first-order chi connectivity index (χ1) is 14.4. The van der Waals surface area contributed by atoms with E-state index in [2.05, 4.69) is 19.2 Å². The molecule has 1 fully saturated rings. The third kappa shape index (κ3) is 5.33. The lowest BCUT2D eigenvalue weighted by atomic mass is 9.88. The van der Waals surface area contributed by atoms with Gasteiger partial charge in [0, 0.05) is 36.1 Å². The lowest BCUT2D eigenvalue weighted by molar-refractivity contribution is -0.124. The predicted molar refractivity (Wildman–Crippen MR) is 119 cm³/mol. The number of methoxy groups -OCH3 is 1. The summed E-state index contributed by atoms with van der Waals surface area (Å²) in [4.78, 5) is 27.8. The number of nitrogens with one attached hydrogen (secondary N) is 1. The van der Waals surface area contributed by atoms with Crippen molar-refractivity contribution < 1.29 is 14.3 Å². The van der Waals surface area contributed by atoms with E-state index in [9.17, 15) is 9.59 Å². The zero-order valence-electron chi connectivity index (χ0n) is 17.7. The molecule has 3 rings (SSSR count). The Hall–Kier alpha value is -2.53. The van der Waals surface area contributed by atoms with Gasteiger partial charge in [0.15, 0.2) is 0 Å². The number of benzene rings is 2. The normalized spacial score (nSPS) is 18.5. The number of halogens is 1. The van der Waals surface area contributed by atoms with E-state index in [0.717, 1.165) is 17.7 Å². The van der Waals surface area contributed by atoms with Gasteiger partial charge in [-0.15, -0.1) is 0 Å². The fourth-order valence-electron chi connectivity index (χ4n) is 3.84. The van der Waals surface area contributed by atoms with Crippen LogP contribution in [0, 0.1) is 11.8 Å². The minimum Gasteiger partial charge on any atom is -0.497 e. The fraction of sp³-hybridized carbons (Fsp3) is 0.417. The summed E-state index contributed by atoms with van der Waals surface area (Å²) >= 11 is 6.06. The molecule has 1 aliphatic heterocycles. The standard InChI is InChI=1S/C24H29ClN2O3/c1-16(2)11-12-26-23(28)22-15-27(24(29)18-5-4-6-19(25)13-18)14-21(22)17-7-9-20(30-3)10-8-17/h4-10,13,16,21-22H,11-12,14-15H2,1-3H3,(H,26,28)/t21-,22+/m1/s1. The Kier molecular flexibility index (Phi) is 7.38. The largest absolute Gasteiger partial charge is 0.497 e. The Morgan fingerprint density at radius 3 is 2.53 bits per heavy atom. The Morgan fingerprint density at radius 2 is 1.90 bits per heavy atom. The number of ether oxygens (including phenoxy) is 1.